The fourth-order valence-corrected chi connectivity index (χ4v) is 5.81. The van der Waals surface area contributed by atoms with Gasteiger partial charge in [0.15, 0.2) is 0 Å². The Labute approximate surface area is 243 Å². The number of rotatable bonds is 8. The SMILES string of the molecule is CCN(CC)C(=O)c1ccc(C(c2cccc3cccnc23)N2CCN(Cc3ccc(F)cc3C(F)(F)F)CC2)cc1. The summed E-state index contributed by atoms with van der Waals surface area (Å²) in [6.07, 6.45) is -2.85. The van der Waals surface area contributed by atoms with Gasteiger partial charge in [-0.05, 0) is 55.3 Å². The number of para-hydroxylation sites is 1. The first-order valence-electron chi connectivity index (χ1n) is 14.2. The van der Waals surface area contributed by atoms with Crippen LogP contribution in [0, 0.1) is 5.82 Å². The van der Waals surface area contributed by atoms with Crippen LogP contribution in [0.15, 0.2) is 79.0 Å². The van der Waals surface area contributed by atoms with Crippen molar-refractivity contribution < 1.29 is 22.4 Å². The summed E-state index contributed by atoms with van der Waals surface area (Å²) >= 11 is 0. The Morgan fingerprint density at radius 3 is 2.29 bits per heavy atom. The van der Waals surface area contributed by atoms with Crippen LogP contribution in [0.25, 0.3) is 10.9 Å². The van der Waals surface area contributed by atoms with Gasteiger partial charge in [-0.15, -0.1) is 0 Å². The van der Waals surface area contributed by atoms with Crippen LogP contribution in [0.4, 0.5) is 17.6 Å². The highest BCUT2D eigenvalue weighted by Gasteiger charge is 2.35. The second-order valence-corrected chi connectivity index (χ2v) is 10.5. The molecule has 0 radical (unpaired) electrons. The normalized spacial score (nSPS) is 15.6. The van der Waals surface area contributed by atoms with Gasteiger partial charge in [0.05, 0.1) is 17.1 Å². The monoisotopic (exact) mass is 578 g/mol. The van der Waals surface area contributed by atoms with Gasteiger partial charge in [-0.25, -0.2) is 4.39 Å². The summed E-state index contributed by atoms with van der Waals surface area (Å²) in [7, 11) is 0. The number of hydrogen-bond donors (Lipinski definition) is 0. The van der Waals surface area contributed by atoms with Crippen molar-refractivity contribution in [3.63, 3.8) is 0 Å². The topological polar surface area (TPSA) is 39.7 Å². The van der Waals surface area contributed by atoms with Crippen molar-refractivity contribution in [3.8, 4) is 0 Å². The Morgan fingerprint density at radius 2 is 1.62 bits per heavy atom. The lowest BCUT2D eigenvalue weighted by Gasteiger charge is -2.40. The van der Waals surface area contributed by atoms with Gasteiger partial charge < -0.3 is 4.90 Å². The predicted octanol–water partition coefficient (Wildman–Crippen LogP) is 6.78. The molecule has 2 heterocycles. The summed E-state index contributed by atoms with van der Waals surface area (Å²) in [5.41, 5.74) is 2.70. The van der Waals surface area contributed by atoms with Crippen LogP contribution in [0.2, 0.25) is 0 Å². The number of pyridine rings is 1. The average molecular weight is 579 g/mol. The van der Waals surface area contributed by atoms with E-state index in [-0.39, 0.29) is 24.1 Å². The van der Waals surface area contributed by atoms with E-state index in [1.807, 2.05) is 67.3 Å². The summed E-state index contributed by atoms with van der Waals surface area (Å²) in [5.74, 6) is -0.908. The molecule has 1 amide bonds. The zero-order valence-electron chi connectivity index (χ0n) is 23.7. The fourth-order valence-electron chi connectivity index (χ4n) is 5.81. The van der Waals surface area contributed by atoms with Gasteiger partial charge in [0.25, 0.3) is 5.91 Å². The molecule has 1 saturated heterocycles. The molecule has 5 rings (SSSR count). The Balaban J connectivity index is 1.42. The number of fused-ring (bicyclic) bond motifs is 1. The molecule has 5 nitrogen and oxygen atoms in total. The summed E-state index contributed by atoms with van der Waals surface area (Å²) < 4.78 is 54.4. The average Bonchev–Trinajstić information content (AvgIpc) is 2.99. The first kappa shape index (κ1) is 29.7. The van der Waals surface area contributed by atoms with Crippen molar-refractivity contribution in [3.05, 3.63) is 113 Å². The highest BCUT2D eigenvalue weighted by molar-refractivity contribution is 5.94. The number of piperazine rings is 1. The standard InChI is InChI=1S/C33H34F4N4O/c1-3-40(4-2)32(42)25-12-10-24(11-13-25)31(28-9-5-7-23-8-6-16-38-30(23)28)41-19-17-39(18-20-41)22-26-14-15-27(34)21-29(26)33(35,36)37/h5-16,21,31H,3-4,17-20,22H2,1-2H3. The minimum atomic E-state index is -4.62. The maximum absolute atomic E-state index is 13.6. The first-order chi connectivity index (χ1) is 20.2. The molecule has 1 aromatic heterocycles. The highest BCUT2D eigenvalue weighted by atomic mass is 19.4. The number of benzene rings is 3. The van der Waals surface area contributed by atoms with E-state index in [0.717, 1.165) is 28.1 Å². The lowest BCUT2D eigenvalue weighted by Crippen LogP contribution is -2.47. The molecule has 220 valence electrons. The number of alkyl halides is 3. The third kappa shape index (κ3) is 6.32. The molecule has 42 heavy (non-hydrogen) atoms. The number of halogens is 4. The molecule has 9 heteroatoms. The third-order valence-electron chi connectivity index (χ3n) is 8.03. The molecule has 1 unspecified atom stereocenters. The second kappa shape index (κ2) is 12.6. The van der Waals surface area contributed by atoms with Crippen LogP contribution in [0.3, 0.4) is 0 Å². The van der Waals surface area contributed by atoms with E-state index in [1.165, 1.54) is 6.07 Å². The van der Waals surface area contributed by atoms with Crippen molar-refractivity contribution in [1.82, 2.24) is 19.7 Å². The van der Waals surface area contributed by atoms with Gasteiger partial charge in [0, 0.05) is 68.5 Å². The molecule has 4 aromatic rings. The summed E-state index contributed by atoms with van der Waals surface area (Å²) in [5, 5.41) is 1.02. The van der Waals surface area contributed by atoms with Crippen LogP contribution in [0.5, 0.6) is 0 Å². The van der Waals surface area contributed by atoms with Crippen molar-refractivity contribution in [1.29, 1.82) is 0 Å². The fraction of sp³-hybridized carbons (Fsp3) is 0.333. The van der Waals surface area contributed by atoms with Crippen molar-refractivity contribution in [2.24, 2.45) is 0 Å². The Bertz CT molecular complexity index is 1520. The van der Waals surface area contributed by atoms with Gasteiger partial charge in [0.2, 0.25) is 0 Å². The Kier molecular flexibility index (Phi) is 8.89. The zero-order chi connectivity index (χ0) is 29.9. The Hall–Kier alpha value is -3.82. The predicted molar refractivity (Wildman–Crippen MR) is 156 cm³/mol. The molecule has 1 atom stereocenters. The van der Waals surface area contributed by atoms with E-state index in [2.05, 4.69) is 16.0 Å². The van der Waals surface area contributed by atoms with E-state index in [0.29, 0.717) is 50.9 Å². The van der Waals surface area contributed by atoms with Crippen LogP contribution in [-0.4, -0.2) is 64.9 Å². The molecule has 0 aliphatic carbocycles. The molecule has 1 fully saturated rings. The minimum absolute atomic E-state index is 0.0115. The molecule has 1 aliphatic heterocycles. The van der Waals surface area contributed by atoms with Gasteiger partial charge >= 0.3 is 6.18 Å². The third-order valence-corrected chi connectivity index (χ3v) is 8.03. The summed E-state index contributed by atoms with van der Waals surface area (Å²) in [6.45, 7) is 7.57. The van der Waals surface area contributed by atoms with E-state index in [9.17, 15) is 22.4 Å². The molecule has 1 aliphatic rings. The van der Waals surface area contributed by atoms with Gasteiger partial charge in [-0.3, -0.25) is 19.6 Å². The van der Waals surface area contributed by atoms with Crippen molar-refractivity contribution >= 4 is 16.8 Å². The summed E-state index contributed by atoms with van der Waals surface area (Å²) in [4.78, 5) is 23.7. The van der Waals surface area contributed by atoms with Crippen LogP contribution in [-0.2, 0) is 12.7 Å². The lowest BCUT2D eigenvalue weighted by atomic mass is 9.93. The van der Waals surface area contributed by atoms with Gasteiger partial charge in [-0.2, -0.15) is 13.2 Å². The molecule has 0 spiro atoms. The summed E-state index contributed by atoms with van der Waals surface area (Å²) in [6, 6.07) is 20.4. The van der Waals surface area contributed by atoms with Gasteiger partial charge in [-0.1, -0.05) is 42.5 Å². The number of carbonyl (C=O) groups excluding carboxylic acids is 1. The maximum Gasteiger partial charge on any atom is 0.416 e. The van der Waals surface area contributed by atoms with Crippen molar-refractivity contribution in [2.45, 2.75) is 32.6 Å². The quantitative estimate of drug-likeness (QED) is 0.216. The molecule has 0 bridgehead atoms. The first-order valence-corrected chi connectivity index (χ1v) is 14.2. The molecule has 3 aromatic carbocycles. The number of hydrogen-bond acceptors (Lipinski definition) is 4. The Morgan fingerprint density at radius 1 is 0.929 bits per heavy atom. The number of nitrogens with zero attached hydrogens (tertiary/aromatic N) is 4. The van der Waals surface area contributed by atoms with E-state index < -0.39 is 17.6 Å². The van der Waals surface area contributed by atoms with E-state index in [1.54, 1.807) is 11.1 Å². The van der Waals surface area contributed by atoms with Gasteiger partial charge in [0.1, 0.15) is 5.82 Å². The van der Waals surface area contributed by atoms with E-state index >= 15 is 0 Å². The van der Waals surface area contributed by atoms with Crippen LogP contribution >= 0.6 is 0 Å². The largest absolute Gasteiger partial charge is 0.416 e. The highest BCUT2D eigenvalue weighted by Crippen LogP contribution is 2.36. The molecule has 0 N–H and O–H groups in total. The van der Waals surface area contributed by atoms with E-state index in [4.69, 9.17) is 0 Å². The van der Waals surface area contributed by atoms with Crippen LogP contribution in [0.1, 0.15) is 52.5 Å². The smallest absolute Gasteiger partial charge is 0.339 e. The lowest BCUT2D eigenvalue weighted by molar-refractivity contribution is -0.138. The molecular formula is C33H34F4N4O. The molecular weight excluding hydrogens is 544 g/mol. The number of aromatic nitrogens is 1. The number of carbonyl (C=O) groups is 1. The zero-order valence-corrected chi connectivity index (χ0v) is 23.7. The van der Waals surface area contributed by atoms with Crippen molar-refractivity contribution in [2.75, 3.05) is 39.3 Å². The molecule has 0 saturated carbocycles. The second-order valence-electron chi connectivity index (χ2n) is 10.5. The maximum atomic E-state index is 13.6. The minimum Gasteiger partial charge on any atom is -0.339 e. The number of amides is 1. The van der Waals surface area contributed by atoms with Crippen LogP contribution < -0.4 is 0 Å².